The Balaban J connectivity index is 2.33. The fourth-order valence-electron chi connectivity index (χ4n) is 1.61. The van der Waals surface area contributed by atoms with Crippen molar-refractivity contribution in [3.05, 3.63) is 50.2 Å². The molecule has 4 heteroatoms. The molecule has 0 aliphatic carbocycles. The lowest BCUT2D eigenvalue weighted by atomic mass is 10.1. The van der Waals surface area contributed by atoms with Crippen molar-refractivity contribution in [2.45, 2.75) is 20.4 Å². The summed E-state index contributed by atoms with van der Waals surface area (Å²) in [5, 5.41) is 4.36. The van der Waals surface area contributed by atoms with Crippen molar-refractivity contribution in [2.75, 3.05) is 0 Å². The zero-order valence-corrected chi connectivity index (χ0v) is 12.3. The Morgan fingerprint density at radius 3 is 2.56 bits per heavy atom. The van der Waals surface area contributed by atoms with E-state index in [-0.39, 0.29) is 0 Å². The second kappa shape index (κ2) is 4.72. The van der Waals surface area contributed by atoms with Crippen LogP contribution in [0.15, 0.2) is 33.5 Å². The van der Waals surface area contributed by atoms with Crippen molar-refractivity contribution in [3.63, 3.8) is 0 Å². The van der Waals surface area contributed by atoms with Gasteiger partial charge < -0.3 is 0 Å². The van der Waals surface area contributed by atoms with E-state index in [9.17, 15) is 0 Å². The highest BCUT2D eigenvalue weighted by Crippen LogP contribution is 2.19. The lowest BCUT2D eigenvalue weighted by Gasteiger charge is -2.08. The molecular weight excluding hydrogens is 332 g/mol. The van der Waals surface area contributed by atoms with Gasteiger partial charge in [0.05, 0.1) is 6.54 Å². The number of aryl methyl sites for hydroxylation is 2. The molecule has 2 rings (SSSR count). The average molecular weight is 344 g/mol. The molecule has 0 saturated carbocycles. The molecule has 0 fully saturated rings. The Morgan fingerprint density at radius 2 is 1.94 bits per heavy atom. The molecule has 1 heterocycles. The van der Waals surface area contributed by atoms with E-state index in [1.165, 1.54) is 16.7 Å². The summed E-state index contributed by atoms with van der Waals surface area (Å²) < 4.78 is 3.77. The molecule has 0 amide bonds. The van der Waals surface area contributed by atoms with Crippen LogP contribution in [0.4, 0.5) is 0 Å². The Kier molecular flexibility index (Phi) is 3.50. The molecule has 0 unspecified atom stereocenters. The number of halogens is 2. The highest BCUT2D eigenvalue weighted by Gasteiger charge is 2.06. The summed E-state index contributed by atoms with van der Waals surface area (Å²) in [6.45, 7) is 5.03. The molecule has 1 aromatic carbocycles. The summed E-state index contributed by atoms with van der Waals surface area (Å²) in [6.07, 6.45) is 0. The van der Waals surface area contributed by atoms with E-state index in [1.54, 1.807) is 0 Å². The van der Waals surface area contributed by atoms with Crippen LogP contribution in [0, 0.1) is 13.8 Å². The zero-order valence-electron chi connectivity index (χ0n) is 9.17. The minimum atomic E-state index is 0.791. The topological polar surface area (TPSA) is 17.8 Å². The summed E-state index contributed by atoms with van der Waals surface area (Å²) in [5.74, 6) is 0. The predicted octanol–water partition coefficient (Wildman–Crippen LogP) is 4.07. The van der Waals surface area contributed by atoms with Crippen molar-refractivity contribution >= 4 is 31.9 Å². The Bertz CT molecular complexity index is 518. The standard InChI is InChI=1S/C12H12Br2N2/c1-8-3-4-9(2)10(5-8)7-16-12(14)6-11(13)15-16/h3-6H,7H2,1-2H3. The maximum atomic E-state index is 4.36. The Labute approximate surface area is 112 Å². The van der Waals surface area contributed by atoms with Gasteiger partial charge in [0.1, 0.15) is 9.21 Å². The van der Waals surface area contributed by atoms with Gasteiger partial charge in [-0.1, -0.05) is 23.8 Å². The van der Waals surface area contributed by atoms with Crippen LogP contribution in [-0.4, -0.2) is 9.78 Å². The lowest BCUT2D eigenvalue weighted by Crippen LogP contribution is -2.03. The molecule has 0 saturated heterocycles. The van der Waals surface area contributed by atoms with Crippen molar-refractivity contribution in [3.8, 4) is 0 Å². The molecule has 0 atom stereocenters. The van der Waals surface area contributed by atoms with E-state index < -0.39 is 0 Å². The third kappa shape index (κ3) is 2.55. The van der Waals surface area contributed by atoms with Gasteiger partial charge in [-0.2, -0.15) is 5.10 Å². The summed E-state index contributed by atoms with van der Waals surface area (Å²) in [7, 11) is 0. The molecule has 2 aromatic rings. The van der Waals surface area contributed by atoms with Crippen LogP contribution < -0.4 is 0 Å². The fraction of sp³-hybridized carbons (Fsp3) is 0.250. The molecule has 0 bridgehead atoms. The highest BCUT2D eigenvalue weighted by molar-refractivity contribution is 9.11. The molecule has 84 valence electrons. The number of hydrogen-bond donors (Lipinski definition) is 0. The van der Waals surface area contributed by atoms with Crippen molar-refractivity contribution in [1.82, 2.24) is 9.78 Å². The van der Waals surface area contributed by atoms with Gasteiger partial charge in [-0.3, -0.25) is 4.68 Å². The first kappa shape index (κ1) is 11.9. The molecule has 0 radical (unpaired) electrons. The molecule has 0 spiro atoms. The van der Waals surface area contributed by atoms with Gasteiger partial charge in [-0.15, -0.1) is 0 Å². The van der Waals surface area contributed by atoms with Crippen LogP contribution in [0.25, 0.3) is 0 Å². The molecule has 2 nitrogen and oxygen atoms in total. The van der Waals surface area contributed by atoms with Crippen LogP contribution >= 0.6 is 31.9 Å². The molecule has 0 aliphatic rings. The largest absolute Gasteiger partial charge is 0.253 e. The van der Waals surface area contributed by atoms with E-state index in [1.807, 2.05) is 10.7 Å². The number of nitrogens with zero attached hydrogens (tertiary/aromatic N) is 2. The number of hydrogen-bond acceptors (Lipinski definition) is 1. The Morgan fingerprint density at radius 1 is 1.19 bits per heavy atom. The van der Waals surface area contributed by atoms with Gasteiger partial charge in [-0.25, -0.2) is 0 Å². The van der Waals surface area contributed by atoms with Crippen molar-refractivity contribution in [2.24, 2.45) is 0 Å². The van der Waals surface area contributed by atoms with Crippen LogP contribution in [0.5, 0.6) is 0 Å². The third-order valence-corrected chi connectivity index (χ3v) is 3.55. The fourth-order valence-corrected chi connectivity index (χ4v) is 2.74. The SMILES string of the molecule is Cc1ccc(C)c(Cn2nc(Br)cc2Br)c1. The van der Waals surface area contributed by atoms with Gasteiger partial charge in [0, 0.05) is 6.07 Å². The third-order valence-electron chi connectivity index (χ3n) is 2.53. The maximum Gasteiger partial charge on any atom is 0.129 e. The quantitative estimate of drug-likeness (QED) is 0.803. The van der Waals surface area contributed by atoms with Gasteiger partial charge in [-0.05, 0) is 56.8 Å². The average Bonchev–Trinajstić information content (AvgIpc) is 2.51. The van der Waals surface area contributed by atoms with Crippen molar-refractivity contribution < 1.29 is 0 Å². The summed E-state index contributed by atoms with van der Waals surface area (Å²) in [5.41, 5.74) is 3.88. The molecule has 1 aromatic heterocycles. The van der Waals surface area contributed by atoms with E-state index in [0.29, 0.717) is 0 Å². The first-order chi connectivity index (χ1) is 7.56. The monoisotopic (exact) mass is 342 g/mol. The maximum absolute atomic E-state index is 4.36. The highest BCUT2D eigenvalue weighted by atomic mass is 79.9. The number of benzene rings is 1. The van der Waals surface area contributed by atoms with Gasteiger partial charge >= 0.3 is 0 Å². The van der Waals surface area contributed by atoms with Gasteiger partial charge in [0.15, 0.2) is 0 Å². The predicted molar refractivity (Wildman–Crippen MR) is 72.6 cm³/mol. The molecule has 0 aliphatic heterocycles. The summed E-state index contributed by atoms with van der Waals surface area (Å²) in [6, 6.07) is 8.44. The van der Waals surface area contributed by atoms with Crippen LogP contribution in [0.1, 0.15) is 16.7 Å². The van der Waals surface area contributed by atoms with E-state index in [0.717, 1.165) is 15.8 Å². The number of aromatic nitrogens is 2. The summed E-state index contributed by atoms with van der Waals surface area (Å²) in [4.78, 5) is 0. The van der Waals surface area contributed by atoms with E-state index in [2.05, 4.69) is 69.0 Å². The lowest BCUT2D eigenvalue weighted by molar-refractivity contribution is 0.664. The van der Waals surface area contributed by atoms with Crippen LogP contribution in [0.3, 0.4) is 0 Å². The second-order valence-electron chi connectivity index (χ2n) is 3.88. The Hall–Kier alpha value is -0.610. The van der Waals surface area contributed by atoms with Gasteiger partial charge in [0.2, 0.25) is 0 Å². The summed E-state index contributed by atoms with van der Waals surface area (Å²) >= 11 is 6.86. The second-order valence-corrected chi connectivity index (χ2v) is 5.50. The first-order valence-corrected chi connectivity index (χ1v) is 6.60. The normalized spacial score (nSPS) is 10.8. The minimum Gasteiger partial charge on any atom is -0.253 e. The van der Waals surface area contributed by atoms with Crippen LogP contribution in [0.2, 0.25) is 0 Å². The molecule has 16 heavy (non-hydrogen) atoms. The zero-order chi connectivity index (χ0) is 11.7. The van der Waals surface area contributed by atoms with Crippen LogP contribution in [-0.2, 0) is 6.54 Å². The van der Waals surface area contributed by atoms with E-state index >= 15 is 0 Å². The number of rotatable bonds is 2. The smallest absolute Gasteiger partial charge is 0.129 e. The molecular formula is C12H12Br2N2. The minimum absolute atomic E-state index is 0.791. The first-order valence-electron chi connectivity index (χ1n) is 5.01. The van der Waals surface area contributed by atoms with E-state index in [4.69, 9.17) is 0 Å². The molecule has 0 N–H and O–H groups in total. The van der Waals surface area contributed by atoms with Gasteiger partial charge in [0.25, 0.3) is 0 Å². The van der Waals surface area contributed by atoms with Crippen molar-refractivity contribution in [1.29, 1.82) is 0 Å².